The highest BCUT2D eigenvalue weighted by Crippen LogP contribution is 1.71. The highest BCUT2D eigenvalue weighted by atomic mass is 16.7. The summed E-state index contributed by atoms with van der Waals surface area (Å²) in [7, 11) is 0. The first-order valence-corrected chi connectivity index (χ1v) is 1.70. The maximum Gasteiger partial charge on any atom is 0.451 e. The quantitative estimate of drug-likeness (QED) is 0.348. The van der Waals surface area contributed by atoms with Gasteiger partial charge in [-0.3, -0.25) is 0 Å². The number of aliphatic imine (C=N–C) groups is 1. The molecule has 0 fully saturated rings. The van der Waals surface area contributed by atoms with Crippen LogP contribution in [0.1, 0.15) is 6.92 Å². The number of amides is 1. The lowest BCUT2D eigenvalue weighted by molar-refractivity contribution is 0.159. The van der Waals surface area contributed by atoms with Crippen LogP contribution in [0.5, 0.6) is 0 Å². The van der Waals surface area contributed by atoms with E-state index in [2.05, 4.69) is 15.7 Å². The summed E-state index contributed by atoms with van der Waals surface area (Å²) in [5, 5.41) is 0. The molecule has 40 valence electrons. The van der Waals surface area contributed by atoms with Gasteiger partial charge < -0.3 is 4.84 Å². The van der Waals surface area contributed by atoms with Crippen LogP contribution in [0.25, 0.3) is 0 Å². The van der Waals surface area contributed by atoms with E-state index in [1.54, 1.807) is 6.92 Å². The molecule has 0 saturated heterocycles. The molecule has 0 aliphatic carbocycles. The molecule has 0 aromatic carbocycles. The van der Waals surface area contributed by atoms with Gasteiger partial charge in [-0.25, -0.2) is 4.79 Å². The van der Waals surface area contributed by atoms with E-state index < -0.39 is 6.09 Å². The Bertz CT molecular complexity index is 88.9. The van der Waals surface area contributed by atoms with Gasteiger partial charge in [0.25, 0.3) is 0 Å². The van der Waals surface area contributed by atoms with Crippen LogP contribution >= 0.6 is 0 Å². The summed E-state index contributed by atoms with van der Waals surface area (Å²) in [6.07, 6.45) is 0.525. The molecule has 0 radical (unpaired) electrons. The minimum atomic E-state index is -0.775. The number of carbonyl (C=O) groups excluding carboxylic acids is 1. The molecule has 1 amide bonds. The van der Waals surface area contributed by atoms with Crippen molar-refractivity contribution in [1.82, 2.24) is 0 Å². The van der Waals surface area contributed by atoms with Crippen LogP contribution in [0.2, 0.25) is 0 Å². The van der Waals surface area contributed by atoms with Crippen molar-refractivity contribution in [1.29, 1.82) is 0 Å². The van der Waals surface area contributed by atoms with Gasteiger partial charge in [-0.2, -0.15) is 10.9 Å². The predicted molar refractivity (Wildman–Crippen MR) is 24.8 cm³/mol. The Kier molecular flexibility index (Phi) is 2.87. The number of rotatable bonds is 0. The van der Waals surface area contributed by atoms with Crippen molar-refractivity contribution in [2.45, 2.75) is 6.92 Å². The predicted octanol–water partition coefficient (Wildman–Crippen LogP) is 0.0874. The molecule has 0 aromatic rings. The van der Waals surface area contributed by atoms with Gasteiger partial charge in [0.15, 0.2) is 0 Å². The fourth-order valence-electron chi connectivity index (χ4n) is 0.136. The van der Waals surface area contributed by atoms with Crippen molar-refractivity contribution < 1.29 is 9.63 Å². The van der Waals surface area contributed by atoms with E-state index in [0.717, 1.165) is 0 Å². The summed E-state index contributed by atoms with van der Waals surface area (Å²) in [6, 6.07) is 0. The first kappa shape index (κ1) is 6.10. The molecule has 0 rings (SSSR count). The molecule has 0 heterocycles. The zero-order valence-corrected chi connectivity index (χ0v) is 3.92. The third kappa shape index (κ3) is 2.92. The summed E-state index contributed by atoms with van der Waals surface area (Å²) >= 11 is 0. The van der Waals surface area contributed by atoms with Crippen molar-refractivity contribution in [2.24, 2.45) is 10.9 Å². The minimum Gasteiger partial charge on any atom is -0.355 e. The Morgan fingerprint density at radius 3 is 2.71 bits per heavy atom. The Morgan fingerprint density at radius 1 is 2.00 bits per heavy atom. The fraction of sp³-hybridized carbons (Fsp3) is 0.333. The molecule has 0 aliphatic rings. The van der Waals surface area contributed by atoms with Crippen LogP contribution in [0.4, 0.5) is 4.79 Å². The van der Waals surface area contributed by atoms with E-state index in [9.17, 15) is 4.79 Å². The monoisotopic (exact) mass is 102 g/mol. The normalized spacial score (nSPS) is 9.43. The third-order valence-electron chi connectivity index (χ3n) is 0.335. The molecule has 0 atom stereocenters. The minimum absolute atomic E-state index is 0.775. The van der Waals surface area contributed by atoms with Crippen LogP contribution in [-0.4, -0.2) is 12.3 Å². The maximum atomic E-state index is 9.87. The molecule has 0 aliphatic heterocycles. The van der Waals surface area contributed by atoms with Crippen molar-refractivity contribution in [3.63, 3.8) is 0 Å². The van der Waals surface area contributed by atoms with E-state index in [-0.39, 0.29) is 0 Å². The van der Waals surface area contributed by atoms with E-state index in [1.165, 1.54) is 6.21 Å². The van der Waals surface area contributed by atoms with Crippen LogP contribution in [0, 0.1) is 0 Å². The Labute approximate surface area is 40.9 Å². The van der Waals surface area contributed by atoms with Gasteiger partial charge in [0.1, 0.15) is 0 Å². The molecule has 2 N–H and O–H groups in total. The van der Waals surface area contributed by atoms with Gasteiger partial charge in [-0.15, -0.1) is 0 Å². The topological polar surface area (TPSA) is 64.7 Å². The van der Waals surface area contributed by atoms with E-state index >= 15 is 0 Å². The smallest absolute Gasteiger partial charge is 0.355 e. The molecule has 0 saturated carbocycles. The number of hydrogen-bond acceptors (Lipinski definition) is 3. The first-order valence-electron chi connectivity index (χ1n) is 1.70. The second-order valence-electron chi connectivity index (χ2n) is 0.771. The molecule has 0 unspecified atom stereocenters. The Morgan fingerprint density at radius 2 is 2.57 bits per heavy atom. The van der Waals surface area contributed by atoms with Crippen molar-refractivity contribution in [3.8, 4) is 0 Å². The zero-order valence-electron chi connectivity index (χ0n) is 3.92. The lowest BCUT2D eigenvalue weighted by atomic mass is 10.9. The Hall–Kier alpha value is -0.900. The van der Waals surface area contributed by atoms with Crippen LogP contribution in [0.15, 0.2) is 4.99 Å². The average Bonchev–Trinajstić information content (AvgIpc) is 1.68. The van der Waals surface area contributed by atoms with Gasteiger partial charge in [-0.1, -0.05) is 0 Å². The molecule has 0 aromatic heterocycles. The number of carbonyl (C=O) groups is 1. The van der Waals surface area contributed by atoms with Gasteiger partial charge in [-0.05, 0) is 6.92 Å². The summed E-state index contributed by atoms with van der Waals surface area (Å²) in [6.45, 7) is 1.59. The van der Waals surface area contributed by atoms with Crippen molar-refractivity contribution in [2.75, 3.05) is 0 Å². The zero-order chi connectivity index (χ0) is 5.70. The molecule has 0 spiro atoms. The standard InChI is InChI=1S/C3H6N2O2/c1-2-5-3(6)7-4/h2H,4H2,1H3/b5-2-. The second kappa shape index (κ2) is 3.30. The Balaban J connectivity index is 3.37. The molecule has 0 bridgehead atoms. The van der Waals surface area contributed by atoms with Crippen LogP contribution in [-0.2, 0) is 4.84 Å². The van der Waals surface area contributed by atoms with Gasteiger partial charge in [0, 0.05) is 6.21 Å². The molecular formula is C3H6N2O2. The average molecular weight is 102 g/mol. The van der Waals surface area contributed by atoms with E-state index in [4.69, 9.17) is 0 Å². The van der Waals surface area contributed by atoms with Gasteiger partial charge in [0.05, 0.1) is 0 Å². The highest BCUT2D eigenvalue weighted by Gasteiger charge is 1.87. The molecule has 4 nitrogen and oxygen atoms in total. The maximum absolute atomic E-state index is 9.87. The van der Waals surface area contributed by atoms with Gasteiger partial charge >= 0.3 is 6.09 Å². The van der Waals surface area contributed by atoms with Crippen LogP contribution in [0.3, 0.4) is 0 Å². The lowest BCUT2D eigenvalue weighted by Gasteiger charge is -1.82. The largest absolute Gasteiger partial charge is 0.451 e. The van der Waals surface area contributed by atoms with Crippen molar-refractivity contribution >= 4 is 12.3 Å². The second-order valence-corrected chi connectivity index (χ2v) is 0.771. The van der Waals surface area contributed by atoms with E-state index in [0.29, 0.717) is 0 Å². The van der Waals surface area contributed by atoms with Gasteiger partial charge in [0.2, 0.25) is 0 Å². The lowest BCUT2D eigenvalue weighted by Crippen LogP contribution is -2.04. The molecule has 7 heavy (non-hydrogen) atoms. The number of hydrogen-bond donors (Lipinski definition) is 1. The molecular weight excluding hydrogens is 96.0 g/mol. The fourth-order valence-corrected chi connectivity index (χ4v) is 0.136. The third-order valence-corrected chi connectivity index (χ3v) is 0.335. The first-order chi connectivity index (χ1) is 3.31. The SMILES string of the molecule is C/C=N\C(=O)ON. The van der Waals surface area contributed by atoms with Crippen molar-refractivity contribution in [3.05, 3.63) is 0 Å². The van der Waals surface area contributed by atoms with E-state index in [1.807, 2.05) is 0 Å². The number of nitrogens with two attached hydrogens (primary N) is 1. The summed E-state index contributed by atoms with van der Waals surface area (Å²) in [5.41, 5.74) is 0. The summed E-state index contributed by atoms with van der Waals surface area (Å²) in [4.78, 5) is 16.7. The summed E-state index contributed by atoms with van der Waals surface area (Å²) in [5.74, 6) is 4.39. The highest BCUT2D eigenvalue weighted by molar-refractivity contribution is 5.77. The summed E-state index contributed by atoms with van der Waals surface area (Å²) < 4.78 is 0. The number of nitrogens with zero attached hydrogens (tertiary/aromatic N) is 1. The molecule has 4 heteroatoms. The van der Waals surface area contributed by atoms with Crippen LogP contribution < -0.4 is 5.90 Å².